The van der Waals surface area contributed by atoms with E-state index in [-0.39, 0.29) is 11.5 Å². The summed E-state index contributed by atoms with van der Waals surface area (Å²) < 4.78 is 11.9. The van der Waals surface area contributed by atoms with E-state index >= 15 is 0 Å². The molecule has 0 aliphatic carbocycles. The quantitative estimate of drug-likeness (QED) is 0.563. The summed E-state index contributed by atoms with van der Waals surface area (Å²) in [5.41, 5.74) is 3.91. The van der Waals surface area contributed by atoms with Gasteiger partial charge in [-0.05, 0) is 38.3 Å². The van der Waals surface area contributed by atoms with Gasteiger partial charge in [-0.15, -0.1) is 0 Å². The van der Waals surface area contributed by atoms with E-state index in [1.165, 1.54) is 0 Å². The largest absolute Gasteiger partial charge is 0.293 e. The summed E-state index contributed by atoms with van der Waals surface area (Å²) in [5.74, 6) is 0.822. The summed E-state index contributed by atoms with van der Waals surface area (Å²) in [4.78, 5) is 12.2. The van der Waals surface area contributed by atoms with Crippen LogP contribution in [0, 0.1) is 20.8 Å². The second-order valence-corrected chi connectivity index (χ2v) is 6.77. The van der Waals surface area contributed by atoms with Gasteiger partial charge < -0.3 is 0 Å². The molecule has 0 amide bonds. The van der Waals surface area contributed by atoms with Crippen molar-refractivity contribution in [1.29, 1.82) is 0 Å². The number of benzene rings is 1. The second kappa shape index (κ2) is 7.59. The van der Waals surface area contributed by atoms with Crippen LogP contribution in [0.1, 0.15) is 53.2 Å². The van der Waals surface area contributed by atoms with Crippen LogP contribution < -0.4 is 0 Å². The van der Waals surface area contributed by atoms with Crippen LogP contribution in [0.15, 0.2) is 12.1 Å². The molecule has 1 aromatic rings. The van der Waals surface area contributed by atoms with Crippen molar-refractivity contribution in [1.82, 2.24) is 0 Å². The van der Waals surface area contributed by atoms with E-state index in [0.29, 0.717) is 5.75 Å². The van der Waals surface area contributed by atoms with Crippen LogP contribution in [0.2, 0.25) is 0 Å². The van der Waals surface area contributed by atoms with Crippen LogP contribution in [-0.4, -0.2) is 21.5 Å². The summed E-state index contributed by atoms with van der Waals surface area (Å²) in [6, 6.07) is 4.03. The molecule has 3 heteroatoms. The third kappa shape index (κ3) is 4.90. The number of rotatable bonds is 7. The lowest BCUT2D eigenvalue weighted by molar-refractivity contribution is 0.102. The first-order valence-corrected chi connectivity index (χ1v) is 8.40. The average molecular weight is 280 g/mol. The first kappa shape index (κ1) is 16.1. The molecule has 0 aliphatic rings. The van der Waals surface area contributed by atoms with E-state index in [0.717, 1.165) is 41.5 Å². The van der Waals surface area contributed by atoms with Gasteiger partial charge in [0.05, 0.1) is 5.75 Å². The normalized spacial score (nSPS) is 12.4. The molecule has 0 bridgehead atoms. The summed E-state index contributed by atoms with van der Waals surface area (Å²) in [6.07, 6.45) is 3.14. The van der Waals surface area contributed by atoms with Gasteiger partial charge in [0.2, 0.25) is 0 Å². The molecule has 0 aromatic heterocycles. The van der Waals surface area contributed by atoms with Crippen molar-refractivity contribution in [2.24, 2.45) is 0 Å². The lowest BCUT2D eigenvalue weighted by Crippen LogP contribution is -2.15. The fourth-order valence-electron chi connectivity index (χ4n) is 2.42. The Morgan fingerprint density at radius 3 is 2.21 bits per heavy atom. The fraction of sp³-hybridized carbons (Fsp3) is 0.562. The van der Waals surface area contributed by atoms with Crippen molar-refractivity contribution in [3.8, 4) is 0 Å². The molecular weight excluding hydrogens is 256 g/mol. The highest BCUT2D eigenvalue weighted by atomic mass is 32.2. The Morgan fingerprint density at radius 2 is 1.68 bits per heavy atom. The second-order valence-electron chi connectivity index (χ2n) is 5.19. The third-order valence-electron chi connectivity index (χ3n) is 3.22. The zero-order chi connectivity index (χ0) is 14.4. The highest BCUT2D eigenvalue weighted by Gasteiger charge is 2.15. The molecule has 1 aromatic carbocycles. The van der Waals surface area contributed by atoms with E-state index in [1.807, 2.05) is 32.9 Å². The summed E-state index contributed by atoms with van der Waals surface area (Å²) in [7, 11) is -1.02. The van der Waals surface area contributed by atoms with Crippen LogP contribution in [0.3, 0.4) is 0 Å². The summed E-state index contributed by atoms with van der Waals surface area (Å²) >= 11 is 0. The van der Waals surface area contributed by atoms with E-state index in [2.05, 4.69) is 6.92 Å². The maximum absolute atomic E-state index is 12.2. The van der Waals surface area contributed by atoms with Gasteiger partial charge in [-0.2, -0.15) is 0 Å². The highest BCUT2D eigenvalue weighted by molar-refractivity contribution is 7.85. The number of Topliss-reactive ketones (excluding diaryl/α,β-unsaturated/α-hetero) is 1. The lowest BCUT2D eigenvalue weighted by Gasteiger charge is -2.10. The number of aryl methyl sites for hydroxylation is 3. The van der Waals surface area contributed by atoms with E-state index in [1.54, 1.807) is 0 Å². The van der Waals surface area contributed by atoms with Crippen molar-refractivity contribution in [3.05, 3.63) is 34.4 Å². The molecule has 0 fully saturated rings. The van der Waals surface area contributed by atoms with Gasteiger partial charge >= 0.3 is 0 Å². The minimum atomic E-state index is -1.02. The average Bonchev–Trinajstić information content (AvgIpc) is 2.27. The van der Waals surface area contributed by atoms with Gasteiger partial charge in [0.1, 0.15) is 0 Å². The van der Waals surface area contributed by atoms with Gasteiger partial charge in [0.15, 0.2) is 5.78 Å². The first-order valence-electron chi connectivity index (χ1n) is 6.91. The molecule has 1 atom stereocenters. The number of unbranched alkanes of at least 4 members (excludes halogenated alkanes) is 2. The molecule has 106 valence electrons. The lowest BCUT2D eigenvalue weighted by atomic mass is 9.97. The van der Waals surface area contributed by atoms with Crippen molar-refractivity contribution in [2.75, 3.05) is 11.5 Å². The minimum absolute atomic E-state index is 0.0184. The van der Waals surface area contributed by atoms with Crippen molar-refractivity contribution >= 4 is 16.6 Å². The van der Waals surface area contributed by atoms with E-state index in [4.69, 9.17) is 0 Å². The summed E-state index contributed by atoms with van der Waals surface area (Å²) in [6.45, 7) is 8.05. The van der Waals surface area contributed by atoms with Gasteiger partial charge in [-0.1, -0.05) is 37.5 Å². The molecule has 0 spiro atoms. The number of hydrogen-bond donors (Lipinski definition) is 0. The van der Waals surface area contributed by atoms with Gasteiger partial charge in [-0.3, -0.25) is 9.00 Å². The predicted molar refractivity (Wildman–Crippen MR) is 82.4 cm³/mol. The third-order valence-corrected chi connectivity index (χ3v) is 4.55. The zero-order valence-corrected chi connectivity index (χ0v) is 13.2. The van der Waals surface area contributed by atoms with Gasteiger partial charge in [0, 0.05) is 22.1 Å². The van der Waals surface area contributed by atoms with Crippen LogP contribution in [0.4, 0.5) is 0 Å². The van der Waals surface area contributed by atoms with E-state index in [9.17, 15) is 9.00 Å². The fourth-order valence-corrected chi connectivity index (χ4v) is 3.53. The number of ketones is 1. The topological polar surface area (TPSA) is 34.1 Å². The Hall–Kier alpha value is -0.960. The smallest absolute Gasteiger partial charge is 0.175 e. The van der Waals surface area contributed by atoms with Crippen molar-refractivity contribution < 1.29 is 9.00 Å². The SMILES string of the molecule is CCCCCS(=O)CC(=O)c1c(C)cc(C)cc1C. The Bertz CT molecular complexity index is 455. The number of carbonyl (C=O) groups excluding carboxylic acids is 1. The Morgan fingerprint density at radius 1 is 1.11 bits per heavy atom. The predicted octanol–water partition coefficient (Wildman–Crippen LogP) is 3.73. The molecule has 0 heterocycles. The van der Waals surface area contributed by atoms with Crippen LogP contribution in [0.25, 0.3) is 0 Å². The molecule has 2 nitrogen and oxygen atoms in total. The molecule has 19 heavy (non-hydrogen) atoms. The molecular formula is C16H24O2S. The maximum Gasteiger partial charge on any atom is 0.175 e. The zero-order valence-electron chi connectivity index (χ0n) is 12.4. The van der Waals surface area contributed by atoms with Crippen molar-refractivity contribution in [3.63, 3.8) is 0 Å². The first-order chi connectivity index (χ1) is 8.95. The number of hydrogen-bond acceptors (Lipinski definition) is 2. The molecule has 0 saturated heterocycles. The van der Waals surface area contributed by atoms with Crippen molar-refractivity contribution in [2.45, 2.75) is 47.0 Å². The molecule has 0 saturated carbocycles. The standard InChI is InChI=1S/C16H24O2S/c1-5-6-7-8-19(18)11-15(17)16-13(3)9-12(2)10-14(16)4/h9-10H,5-8,11H2,1-4H3. The van der Waals surface area contributed by atoms with Gasteiger partial charge in [0.25, 0.3) is 0 Å². The summed E-state index contributed by atoms with van der Waals surface area (Å²) in [5, 5.41) is 0. The molecule has 1 unspecified atom stereocenters. The molecule has 1 rings (SSSR count). The molecule has 0 N–H and O–H groups in total. The van der Waals surface area contributed by atoms with Crippen LogP contribution in [0.5, 0.6) is 0 Å². The Balaban J connectivity index is 2.71. The van der Waals surface area contributed by atoms with Gasteiger partial charge in [-0.25, -0.2) is 0 Å². The monoisotopic (exact) mass is 280 g/mol. The number of carbonyl (C=O) groups is 1. The Labute approximate surface area is 119 Å². The molecule has 0 radical (unpaired) electrons. The van der Waals surface area contributed by atoms with Crippen LogP contribution in [-0.2, 0) is 10.8 Å². The minimum Gasteiger partial charge on any atom is -0.293 e. The van der Waals surface area contributed by atoms with Crippen LogP contribution >= 0.6 is 0 Å². The molecule has 0 aliphatic heterocycles. The van der Waals surface area contributed by atoms with E-state index < -0.39 is 10.8 Å². The Kier molecular flexibility index (Phi) is 6.43. The highest BCUT2D eigenvalue weighted by Crippen LogP contribution is 2.17. The maximum atomic E-state index is 12.2.